The highest BCUT2D eigenvalue weighted by atomic mass is 79.9. The topological polar surface area (TPSA) is 64.3 Å². The Balaban J connectivity index is 1.98. The van der Waals surface area contributed by atoms with E-state index in [1.54, 1.807) is 12.1 Å². The van der Waals surface area contributed by atoms with Gasteiger partial charge in [0, 0.05) is 10.0 Å². The lowest BCUT2D eigenvalue weighted by molar-refractivity contribution is -0.0224. The zero-order valence-electron chi connectivity index (χ0n) is 12.4. The van der Waals surface area contributed by atoms with Crippen LogP contribution in [0.15, 0.2) is 22.7 Å². The molecule has 0 spiro atoms. The lowest BCUT2D eigenvalue weighted by atomic mass is 9.85. The molecule has 5 heteroatoms. The van der Waals surface area contributed by atoms with E-state index < -0.39 is 0 Å². The van der Waals surface area contributed by atoms with Gasteiger partial charge in [0.25, 0.3) is 5.91 Å². The van der Waals surface area contributed by atoms with Crippen molar-refractivity contribution in [3.63, 3.8) is 0 Å². The van der Waals surface area contributed by atoms with Crippen LogP contribution in [0.1, 0.15) is 54.9 Å². The van der Waals surface area contributed by atoms with Crippen molar-refractivity contribution in [3.05, 3.63) is 33.8 Å². The largest absolute Gasteiger partial charge is 0.373 e. The third-order valence-electron chi connectivity index (χ3n) is 4.26. The van der Waals surface area contributed by atoms with Crippen LogP contribution in [0.2, 0.25) is 0 Å². The summed E-state index contributed by atoms with van der Waals surface area (Å²) >= 11 is 3.50. The summed E-state index contributed by atoms with van der Waals surface area (Å²) in [6, 6.07) is 5.46. The summed E-state index contributed by atoms with van der Waals surface area (Å²) in [7, 11) is 0. The zero-order chi connectivity index (χ0) is 15.2. The lowest BCUT2D eigenvalue weighted by Crippen LogP contribution is -2.30. The summed E-state index contributed by atoms with van der Waals surface area (Å²) in [6.45, 7) is 2.81. The van der Waals surface area contributed by atoms with Gasteiger partial charge in [-0.25, -0.2) is 5.84 Å². The van der Waals surface area contributed by atoms with Crippen LogP contribution in [0.25, 0.3) is 0 Å². The molecule has 0 heterocycles. The second-order valence-corrected chi connectivity index (χ2v) is 6.44. The number of ether oxygens (including phenoxy) is 1. The van der Waals surface area contributed by atoms with E-state index in [-0.39, 0.29) is 5.91 Å². The maximum Gasteiger partial charge on any atom is 0.265 e. The molecule has 4 nitrogen and oxygen atoms in total. The Labute approximate surface area is 134 Å². The van der Waals surface area contributed by atoms with Crippen molar-refractivity contribution in [3.8, 4) is 0 Å². The minimum absolute atomic E-state index is 0.290. The van der Waals surface area contributed by atoms with Crippen LogP contribution in [0, 0.1) is 5.92 Å². The van der Waals surface area contributed by atoms with Crippen LogP contribution in [0.4, 0.5) is 0 Å². The molecule has 2 rings (SSSR count). The number of halogens is 1. The molecule has 1 saturated carbocycles. The molecule has 1 aliphatic carbocycles. The number of hydrazine groups is 1. The fourth-order valence-corrected chi connectivity index (χ4v) is 3.44. The van der Waals surface area contributed by atoms with Crippen molar-refractivity contribution < 1.29 is 9.53 Å². The molecule has 1 aromatic rings. The molecule has 1 amide bonds. The zero-order valence-corrected chi connectivity index (χ0v) is 14.0. The Morgan fingerprint density at radius 2 is 2.19 bits per heavy atom. The smallest absolute Gasteiger partial charge is 0.265 e. The molecular weight excluding hydrogens is 332 g/mol. The summed E-state index contributed by atoms with van der Waals surface area (Å²) in [5.41, 5.74) is 3.73. The Hall–Kier alpha value is -0.910. The van der Waals surface area contributed by atoms with Crippen LogP contribution in [-0.2, 0) is 11.3 Å². The number of amides is 1. The normalized spacial score (nSPS) is 22.0. The number of carbonyl (C=O) groups is 1. The predicted octanol–water partition coefficient (Wildman–Crippen LogP) is 3.54. The number of nitrogens with one attached hydrogen (secondary N) is 1. The first-order valence-corrected chi connectivity index (χ1v) is 8.36. The van der Waals surface area contributed by atoms with Crippen molar-refractivity contribution >= 4 is 21.8 Å². The third kappa shape index (κ3) is 4.28. The van der Waals surface area contributed by atoms with Gasteiger partial charge >= 0.3 is 0 Å². The second-order valence-electron chi connectivity index (χ2n) is 5.58. The SMILES string of the molecule is CCC1CCCCC1OCc1ccc(C(=O)NN)cc1Br. The summed E-state index contributed by atoms with van der Waals surface area (Å²) in [4.78, 5) is 11.5. The summed E-state index contributed by atoms with van der Waals surface area (Å²) in [5, 5.41) is 0. The van der Waals surface area contributed by atoms with E-state index in [0.29, 0.717) is 24.2 Å². The minimum Gasteiger partial charge on any atom is -0.373 e. The van der Waals surface area contributed by atoms with E-state index in [2.05, 4.69) is 28.3 Å². The number of benzene rings is 1. The summed E-state index contributed by atoms with van der Waals surface area (Å²) < 4.78 is 7.01. The van der Waals surface area contributed by atoms with Crippen LogP contribution >= 0.6 is 15.9 Å². The van der Waals surface area contributed by atoms with Crippen LogP contribution < -0.4 is 11.3 Å². The van der Waals surface area contributed by atoms with E-state index >= 15 is 0 Å². The van der Waals surface area contributed by atoms with Gasteiger partial charge in [-0.3, -0.25) is 10.2 Å². The van der Waals surface area contributed by atoms with Gasteiger partial charge in [-0.2, -0.15) is 0 Å². The van der Waals surface area contributed by atoms with Gasteiger partial charge in [0.05, 0.1) is 12.7 Å². The average molecular weight is 355 g/mol. The van der Waals surface area contributed by atoms with E-state index in [1.165, 1.54) is 25.7 Å². The minimum atomic E-state index is -0.290. The number of carbonyl (C=O) groups excluding carboxylic acids is 1. The second kappa shape index (κ2) is 7.92. The molecule has 0 radical (unpaired) electrons. The third-order valence-corrected chi connectivity index (χ3v) is 5.00. The quantitative estimate of drug-likeness (QED) is 0.482. The molecule has 3 N–H and O–H groups in total. The molecule has 0 aromatic heterocycles. The van der Waals surface area contributed by atoms with Gasteiger partial charge in [0.1, 0.15) is 0 Å². The molecule has 1 aliphatic rings. The Kier molecular flexibility index (Phi) is 6.21. The number of rotatable bonds is 5. The molecule has 116 valence electrons. The summed E-state index contributed by atoms with van der Waals surface area (Å²) in [5.74, 6) is 5.53. The lowest BCUT2D eigenvalue weighted by Gasteiger charge is -2.31. The Morgan fingerprint density at radius 3 is 2.86 bits per heavy atom. The van der Waals surface area contributed by atoms with Gasteiger partial charge in [0.15, 0.2) is 0 Å². The molecular formula is C16H23BrN2O2. The Morgan fingerprint density at radius 1 is 1.43 bits per heavy atom. The number of nitrogen functional groups attached to an aromatic ring is 1. The van der Waals surface area contributed by atoms with E-state index in [0.717, 1.165) is 16.5 Å². The maximum absolute atomic E-state index is 11.5. The van der Waals surface area contributed by atoms with Crippen molar-refractivity contribution in [2.24, 2.45) is 11.8 Å². The predicted molar refractivity (Wildman–Crippen MR) is 86.6 cm³/mol. The number of nitrogens with two attached hydrogens (primary N) is 1. The molecule has 0 bridgehead atoms. The van der Waals surface area contributed by atoms with Crippen molar-refractivity contribution in [1.29, 1.82) is 0 Å². The van der Waals surface area contributed by atoms with Crippen LogP contribution in [0.3, 0.4) is 0 Å². The number of hydrogen-bond acceptors (Lipinski definition) is 3. The fourth-order valence-electron chi connectivity index (χ4n) is 2.95. The summed E-state index contributed by atoms with van der Waals surface area (Å²) in [6.07, 6.45) is 6.56. The van der Waals surface area contributed by atoms with Crippen LogP contribution in [-0.4, -0.2) is 12.0 Å². The molecule has 1 aromatic carbocycles. The van der Waals surface area contributed by atoms with Crippen molar-refractivity contribution in [1.82, 2.24) is 5.43 Å². The van der Waals surface area contributed by atoms with Crippen LogP contribution in [0.5, 0.6) is 0 Å². The molecule has 1 fully saturated rings. The maximum atomic E-state index is 11.5. The van der Waals surface area contributed by atoms with Gasteiger partial charge in [-0.1, -0.05) is 48.2 Å². The van der Waals surface area contributed by atoms with Gasteiger partial charge in [-0.05, 0) is 36.5 Å². The van der Waals surface area contributed by atoms with Crippen molar-refractivity contribution in [2.45, 2.75) is 51.7 Å². The monoisotopic (exact) mass is 354 g/mol. The van der Waals surface area contributed by atoms with E-state index in [4.69, 9.17) is 10.6 Å². The highest BCUT2D eigenvalue weighted by Crippen LogP contribution is 2.30. The first-order valence-electron chi connectivity index (χ1n) is 7.56. The first kappa shape index (κ1) is 16.5. The fraction of sp³-hybridized carbons (Fsp3) is 0.562. The van der Waals surface area contributed by atoms with Gasteiger partial charge in [0.2, 0.25) is 0 Å². The van der Waals surface area contributed by atoms with Crippen molar-refractivity contribution in [2.75, 3.05) is 0 Å². The number of hydrogen-bond donors (Lipinski definition) is 2. The standard InChI is InChI=1S/C16H23BrN2O2/c1-2-11-5-3-4-6-15(11)21-10-13-8-7-12(9-14(13)17)16(20)19-18/h7-9,11,15H,2-6,10,18H2,1H3,(H,19,20). The first-order chi connectivity index (χ1) is 10.2. The molecule has 0 saturated heterocycles. The molecule has 0 aliphatic heterocycles. The molecule has 2 unspecified atom stereocenters. The highest BCUT2D eigenvalue weighted by Gasteiger charge is 2.24. The molecule has 2 atom stereocenters. The van der Waals surface area contributed by atoms with Gasteiger partial charge in [-0.15, -0.1) is 0 Å². The molecule has 21 heavy (non-hydrogen) atoms. The Bertz CT molecular complexity index is 493. The van der Waals surface area contributed by atoms with E-state index in [9.17, 15) is 4.79 Å². The van der Waals surface area contributed by atoms with Gasteiger partial charge < -0.3 is 4.74 Å². The highest BCUT2D eigenvalue weighted by molar-refractivity contribution is 9.10. The average Bonchev–Trinajstić information content (AvgIpc) is 2.53. The van der Waals surface area contributed by atoms with E-state index in [1.807, 2.05) is 6.07 Å².